The van der Waals surface area contributed by atoms with Crippen molar-refractivity contribution in [3.05, 3.63) is 101 Å². The van der Waals surface area contributed by atoms with Gasteiger partial charge in [-0.15, -0.1) is 0 Å². The number of amides is 3. The van der Waals surface area contributed by atoms with E-state index >= 15 is 0 Å². The van der Waals surface area contributed by atoms with E-state index in [4.69, 9.17) is 0 Å². The van der Waals surface area contributed by atoms with Crippen LogP contribution in [0.15, 0.2) is 72.6 Å². The third-order valence-corrected chi connectivity index (χ3v) is 6.04. The number of imide groups is 1. The van der Waals surface area contributed by atoms with Gasteiger partial charge in [-0.1, -0.05) is 35.9 Å². The topological polar surface area (TPSA) is 67.2 Å². The van der Waals surface area contributed by atoms with Crippen LogP contribution in [-0.4, -0.2) is 26.4 Å². The highest BCUT2D eigenvalue weighted by atomic mass is 16.2. The number of aryl methyl sites for hydroxylation is 2. The Morgan fingerprint density at radius 3 is 2.55 bits per heavy atom. The summed E-state index contributed by atoms with van der Waals surface area (Å²) < 4.78 is 2.14. The van der Waals surface area contributed by atoms with Crippen LogP contribution in [-0.2, 0) is 11.3 Å². The first kappa shape index (κ1) is 20.7. The summed E-state index contributed by atoms with van der Waals surface area (Å²) in [5.74, 6) is -0.317. The molecule has 164 valence electrons. The van der Waals surface area contributed by atoms with Crippen LogP contribution in [0.25, 0.3) is 22.7 Å². The molecule has 1 aliphatic heterocycles. The van der Waals surface area contributed by atoms with E-state index in [9.17, 15) is 9.59 Å². The van der Waals surface area contributed by atoms with Gasteiger partial charge in [0.25, 0.3) is 5.91 Å². The first-order valence-corrected chi connectivity index (χ1v) is 10.8. The van der Waals surface area contributed by atoms with Gasteiger partial charge in [-0.3, -0.25) is 14.7 Å². The summed E-state index contributed by atoms with van der Waals surface area (Å²) in [5, 5.41) is 3.80. The molecule has 0 atom stereocenters. The number of carbonyl (C=O) groups is 2. The lowest BCUT2D eigenvalue weighted by Crippen LogP contribution is -2.30. The molecule has 3 heterocycles. The van der Waals surface area contributed by atoms with Crippen LogP contribution in [0.4, 0.5) is 4.79 Å². The molecule has 0 spiro atoms. The second-order valence-electron chi connectivity index (χ2n) is 8.41. The van der Waals surface area contributed by atoms with Crippen LogP contribution in [0.2, 0.25) is 0 Å². The lowest BCUT2D eigenvalue weighted by atomic mass is 10.1. The number of nitrogens with zero attached hydrogens (tertiary/aromatic N) is 3. The number of hydrogen-bond donors (Lipinski definition) is 1. The number of nitrogens with one attached hydrogen (secondary N) is 1. The zero-order chi connectivity index (χ0) is 23.1. The van der Waals surface area contributed by atoms with Crippen LogP contribution in [0, 0.1) is 20.8 Å². The van der Waals surface area contributed by atoms with Crippen molar-refractivity contribution in [3.63, 3.8) is 0 Å². The average Bonchev–Trinajstić information content (AvgIpc) is 3.24. The third-order valence-electron chi connectivity index (χ3n) is 6.04. The highest BCUT2D eigenvalue weighted by Gasteiger charge is 2.33. The quantitative estimate of drug-likeness (QED) is 0.360. The number of pyridine rings is 1. The summed E-state index contributed by atoms with van der Waals surface area (Å²) in [6.07, 6.45) is 3.55. The summed E-state index contributed by atoms with van der Waals surface area (Å²) in [6.45, 7) is 6.29. The minimum atomic E-state index is -0.400. The Hall–Kier alpha value is -4.19. The number of benzene rings is 2. The van der Waals surface area contributed by atoms with Gasteiger partial charge in [0.15, 0.2) is 0 Å². The number of fused-ring (bicyclic) bond motifs is 1. The molecule has 0 aliphatic carbocycles. The monoisotopic (exact) mass is 436 g/mol. The molecule has 2 aromatic heterocycles. The zero-order valence-electron chi connectivity index (χ0n) is 18.8. The Kier molecular flexibility index (Phi) is 5.05. The molecular weight excluding hydrogens is 412 g/mol. The summed E-state index contributed by atoms with van der Waals surface area (Å²) in [7, 11) is 0. The molecule has 0 radical (unpaired) electrons. The number of aromatic nitrogens is 2. The lowest BCUT2D eigenvalue weighted by molar-refractivity contribution is -0.123. The fourth-order valence-corrected chi connectivity index (χ4v) is 4.28. The SMILES string of the molecule is Cc1ccc(CN2C(=O)N/C(=C/c3cc(C)n(-c4ccc5ncccc5c4)c3C)C2=O)cc1. The van der Waals surface area contributed by atoms with Crippen molar-refractivity contribution >= 4 is 28.9 Å². The smallest absolute Gasteiger partial charge is 0.318 e. The number of urea groups is 1. The Bertz CT molecular complexity index is 1430. The number of carbonyl (C=O) groups excluding carboxylic acids is 2. The largest absolute Gasteiger partial charge is 0.329 e. The van der Waals surface area contributed by atoms with Crippen LogP contribution in [0.3, 0.4) is 0 Å². The van der Waals surface area contributed by atoms with Gasteiger partial charge in [-0.25, -0.2) is 4.79 Å². The zero-order valence-corrected chi connectivity index (χ0v) is 18.8. The van der Waals surface area contributed by atoms with E-state index in [0.29, 0.717) is 0 Å². The summed E-state index contributed by atoms with van der Waals surface area (Å²) in [6, 6.07) is 19.6. The van der Waals surface area contributed by atoms with Crippen LogP contribution in [0.1, 0.15) is 28.1 Å². The highest BCUT2D eigenvalue weighted by molar-refractivity contribution is 6.14. The van der Waals surface area contributed by atoms with Crippen molar-refractivity contribution in [1.82, 2.24) is 19.8 Å². The first-order valence-electron chi connectivity index (χ1n) is 10.8. The number of hydrogen-bond acceptors (Lipinski definition) is 3. The van der Waals surface area contributed by atoms with Gasteiger partial charge < -0.3 is 9.88 Å². The van der Waals surface area contributed by atoms with E-state index in [2.05, 4.69) is 20.9 Å². The highest BCUT2D eigenvalue weighted by Crippen LogP contribution is 2.26. The second-order valence-corrected chi connectivity index (χ2v) is 8.41. The second kappa shape index (κ2) is 8.06. The minimum Gasteiger partial charge on any atom is -0.318 e. The molecule has 1 saturated heterocycles. The fourth-order valence-electron chi connectivity index (χ4n) is 4.28. The van der Waals surface area contributed by atoms with Gasteiger partial charge in [0.2, 0.25) is 0 Å². The Labute approximate surface area is 192 Å². The molecule has 1 N–H and O–H groups in total. The summed E-state index contributed by atoms with van der Waals surface area (Å²) in [5.41, 5.74) is 7.22. The van der Waals surface area contributed by atoms with Gasteiger partial charge in [0.1, 0.15) is 5.70 Å². The molecule has 0 bridgehead atoms. The fraction of sp³-hybridized carbons (Fsp3) is 0.148. The van der Waals surface area contributed by atoms with E-state index in [1.807, 2.05) is 75.4 Å². The molecule has 1 aliphatic rings. The van der Waals surface area contributed by atoms with E-state index in [1.54, 1.807) is 12.3 Å². The molecule has 5 rings (SSSR count). The number of rotatable bonds is 4. The van der Waals surface area contributed by atoms with Crippen molar-refractivity contribution in [2.75, 3.05) is 0 Å². The van der Waals surface area contributed by atoms with Crippen LogP contribution in [0.5, 0.6) is 0 Å². The Morgan fingerprint density at radius 2 is 1.76 bits per heavy atom. The van der Waals surface area contributed by atoms with Crippen molar-refractivity contribution in [1.29, 1.82) is 0 Å². The third kappa shape index (κ3) is 3.80. The van der Waals surface area contributed by atoms with Gasteiger partial charge >= 0.3 is 6.03 Å². The van der Waals surface area contributed by atoms with Crippen LogP contribution < -0.4 is 5.32 Å². The molecular formula is C27H24N4O2. The molecule has 33 heavy (non-hydrogen) atoms. The molecule has 6 nitrogen and oxygen atoms in total. The van der Waals surface area contributed by atoms with E-state index in [-0.39, 0.29) is 18.1 Å². The maximum atomic E-state index is 13.0. The molecule has 0 saturated carbocycles. The molecule has 3 amide bonds. The predicted octanol–water partition coefficient (Wildman–Crippen LogP) is 5.04. The van der Waals surface area contributed by atoms with Crippen molar-refractivity contribution in [3.8, 4) is 5.69 Å². The van der Waals surface area contributed by atoms with Gasteiger partial charge in [-0.05, 0) is 68.3 Å². The molecule has 6 heteroatoms. The first-order chi connectivity index (χ1) is 15.9. The van der Waals surface area contributed by atoms with Gasteiger partial charge in [0, 0.05) is 28.7 Å². The maximum Gasteiger partial charge on any atom is 0.329 e. The van der Waals surface area contributed by atoms with Gasteiger partial charge in [0.05, 0.1) is 12.1 Å². The maximum absolute atomic E-state index is 13.0. The minimum absolute atomic E-state index is 0.242. The molecule has 0 unspecified atom stereocenters. The Balaban J connectivity index is 1.45. The Morgan fingerprint density at radius 1 is 0.970 bits per heavy atom. The van der Waals surface area contributed by atoms with Crippen molar-refractivity contribution in [2.45, 2.75) is 27.3 Å². The standard InChI is InChI=1S/C27H24N4O2/c1-17-6-8-20(9-7-17)16-30-26(32)25(29-27(30)33)15-22-13-18(2)31(19(22)3)23-10-11-24-21(14-23)5-4-12-28-24/h4-15H,16H2,1-3H3,(H,29,33)/b25-15+. The van der Waals surface area contributed by atoms with Gasteiger partial charge in [-0.2, -0.15) is 0 Å². The average molecular weight is 437 g/mol. The predicted molar refractivity (Wildman–Crippen MR) is 129 cm³/mol. The van der Waals surface area contributed by atoms with E-state index < -0.39 is 6.03 Å². The van der Waals surface area contributed by atoms with Crippen molar-refractivity contribution < 1.29 is 9.59 Å². The molecule has 2 aromatic carbocycles. The van der Waals surface area contributed by atoms with E-state index in [1.165, 1.54) is 4.90 Å². The molecule has 4 aromatic rings. The van der Waals surface area contributed by atoms with Crippen molar-refractivity contribution in [2.24, 2.45) is 0 Å². The summed E-state index contributed by atoms with van der Waals surface area (Å²) in [4.78, 5) is 31.1. The van der Waals surface area contributed by atoms with E-state index in [0.717, 1.165) is 44.7 Å². The normalized spacial score (nSPS) is 15.0. The summed E-state index contributed by atoms with van der Waals surface area (Å²) >= 11 is 0. The lowest BCUT2D eigenvalue weighted by Gasteiger charge is -2.12. The molecule has 1 fully saturated rings. The van der Waals surface area contributed by atoms with Crippen LogP contribution >= 0.6 is 0 Å².